The lowest BCUT2D eigenvalue weighted by molar-refractivity contribution is -0.138. The largest absolute Gasteiger partial charge is 0.416 e. The van der Waals surface area contributed by atoms with Crippen molar-refractivity contribution in [3.05, 3.63) is 68.7 Å². The number of hydrogen-bond donors (Lipinski definition) is 1. The van der Waals surface area contributed by atoms with Crippen LogP contribution in [-0.2, 0) is 32.5 Å². The van der Waals surface area contributed by atoms with E-state index in [0.717, 1.165) is 10.4 Å². The minimum atomic E-state index is -4.60. The number of nitrogens with zero attached hydrogens (tertiary/aromatic N) is 4. The van der Waals surface area contributed by atoms with Gasteiger partial charge in [-0.25, -0.2) is 4.72 Å². The maximum Gasteiger partial charge on any atom is 0.416 e. The molecule has 1 saturated heterocycles. The average Bonchev–Trinajstić information content (AvgIpc) is 3.29. The van der Waals surface area contributed by atoms with E-state index in [1.54, 1.807) is 29.8 Å². The summed E-state index contributed by atoms with van der Waals surface area (Å²) in [6.45, 7) is 0.730. The lowest BCUT2D eigenvalue weighted by Crippen LogP contribution is -2.45. The molecule has 0 atom stereocenters. The van der Waals surface area contributed by atoms with Gasteiger partial charge in [0.15, 0.2) is 0 Å². The minimum Gasteiger partial charge on any atom is -0.272 e. The van der Waals surface area contributed by atoms with E-state index in [2.05, 4.69) is 5.10 Å². The summed E-state index contributed by atoms with van der Waals surface area (Å²) in [6.07, 6.45) is -3.17. The number of halogens is 4. The first kappa shape index (κ1) is 29.6. The number of nitrogens with one attached hydrogen (secondary N) is 1. The lowest BCUT2D eigenvalue weighted by atomic mass is 10.1. The molecular formula is C24H21ClF3N5O5S2. The molecule has 0 radical (unpaired) electrons. The first-order valence-electron chi connectivity index (χ1n) is 11.4. The van der Waals surface area contributed by atoms with Crippen LogP contribution in [0.5, 0.6) is 0 Å². The zero-order valence-electron chi connectivity index (χ0n) is 21.1. The smallest absolute Gasteiger partial charge is 0.272 e. The molecule has 1 fully saturated rings. The number of amides is 3. The van der Waals surface area contributed by atoms with Crippen LogP contribution in [0.1, 0.15) is 22.4 Å². The standard InChI is InChI=1S/C24H21ClF3N5O5S2/c1-13-17-8-14(9-20-22(35)32(23(36)39-20)12-21(34)30-40(37,38)31(2)3)4-7-19(17)33(29-13)11-15-5-6-16(25)10-18(15)24(26,27)28/h4-10H,11-12H2,1-3H3,(H,30,34)/b20-9-. The summed E-state index contributed by atoms with van der Waals surface area (Å²) in [7, 11) is -1.68. The van der Waals surface area contributed by atoms with Crippen LogP contribution in [0.2, 0.25) is 5.02 Å². The number of aryl methyl sites for hydroxylation is 1. The van der Waals surface area contributed by atoms with Crippen molar-refractivity contribution in [1.29, 1.82) is 0 Å². The van der Waals surface area contributed by atoms with Crippen LogP contribution in [0.3, 0.4) is 0 Å². The molecule has 1 aliphatic rings. The summed E-state index contributed by atoms with van der Waals surface area (Å²) in [5.74, 6) is -1.83. The summed E-state index contributed by atoms with van der Waals surface area (Å²) in [4.78, 5) is 37.9. The molecule has 0 unspecified atom stereocenters. The molecule has 16 heteroatoms. The summed E-state index contributed by atoms with van der Waals surface area (Å²) < 4.78 is 68.3. The maximum absolute atomic E-state index is 13.6. The molecule has 40 heavy (non-hydrogen) atoms. The zero-order valence-corrected chi connectivity index (χ0v) is 23.5. The van der Waals surface area contributed by atoms with Crippen molar-refractivity contribution in [2.45, 2.75) is 19.6 Å². The Balaban J connectivity index is 1.57. The van der Waals surface area contributed by atoms with Crippen molar-refractivity contribution in [2.75, 3.05) is 20.6 Å². The van der Waals surface area contributed by atoms with Gasteiger partial charge in [0.2, 0.25) is 0 Å². The highest BCUT2D eigenvalue weighted by molar-refractivity contribution is 8.18. The molecular weight excluding hydrogens is 595 g/mol. The summed E-state index contributed by atoms with van der Waals surface area (Å²) in [6, 6.07) is 8.46. The molecule has 2 aromatic carbocycles. The third kappa shape index (κ3) is 6.16. The lowest BCUT2D eigenvalue weighted by Gasteiger charge is -2.15. The molecule has 0 aliphatic carbocycles. The Hall–Kier alpha value is -3.40. The molecule has 3 amide bonds. The zero-order chi connectivity index (χ0) is 29.6. The van der Waals surface area contributed by atoms with Gasteiger partial charge in [-0.15, -0.1) is 0 Å². The van der Waals surface area contributed by atoms with Gasteiger partial charge in [0.05, 0.1) is 28.2 Å². The Morgan fingerprint density at radius 3 is 2.52 bits per heavy atom. The van der Waals surface area contributed by atoms with E-state index in [9.17, 15) is 36.0 Å². The van der Waals surface area contributed by atoms with Crippen LogP contribution >= 0.6 is 23.4 Å². The van der Waals surface area contributed by atoms with E-state index >= 15 is 0 Å². The van der Waals surface area contributed by atoms with E-state index < -0.39 is 45.5 Å². The Labute approximate surface area is 235 Å². The molecule has 0 spiro atoms. The van der Waals surface area contributed by atoms with E-state index in [0.29, 0.717) is 38.8 Å². The Bertz CT molecular complexity index is 1690. The Morgan fingerprint density at radius 2 is 1.88 bits per heavy atom. The topological polar surface area (TPSA) is 122 Å². The van der Waals surface area contributed by atoms with E-state index in [1.165, 1.54) is 37.0 Å². The molecule has 10 nitrogen and oxygen atoms in total. The van der Waals surface area contributed by atoms with Crippen LogP contribution in [0.25, 0.3) is 17.0 Å². The highest BCUT2D eigenvalue weighted by atomic mass is 35.5. The van der Waals surface area contributed by atoms with Crippen molar-refractivity contribution in [3.8, 4) is 0 Å². The Kier molecular flexibility index (Phi) is 8.04. The number of alkyl halides is 3. The molecule has 3 aromatic rings. The molecule has 212 valence electrons. The predicted molar refractivity (Wildman–Crippen MR) is 143 cm³/mol. The molecule has 1 aromatic heterocycles. The first-order valence-corrected chi connectivity index (χ1v) is 14.0. The average molecular weight is 616 g/mol. The second-order valence-corrected chi connectivity index (χ2v) is 12.2. The fourth-order valence-electron chi connectivity index (χ4n) is 3.88. The van der Waals surface area contributed by atoms with Gasteiger partial charge in [-0.05, 0) is 60.2 Å². The van der Waals surface area contributed by atoms with E-state index in [-0.39, 0.29) is 22.0 Å². The van der Waals surface area contributed by atoms with Gasteiger partial charge >= 0.3 is 16.4 Å². The third-order valence-corrected chi connectivity index (χ3v) is 8.44. The molecule has 0 saturated carbocycles. The van der Waals surface area contributed by atoms with Crippen molar-refractivity contribution < 1.29 is 36.0 Å². The van der Waals surface area contributed by atoms with Gasteiger partial charge < -0.3 is 0 Å². The number of aromatic nitrogens is 2. The van der Waals surface area contributed by atoms with Gasteiger partial charge in [0, 0.05) is 24.5 Å². The van der Waals surface area contributed by atoms with Gasteiger partial charge in [0.25, 0.3) is 17.1 Å². The molecule has 1 aliphatic heterocycles. The monoisotopic (exact) mass is 615 g/mol. The van der Waals surface area contributed by atoms with Crippen molar-refractivity contribution in [3.63, 3.8) is 0 Å². The number of fused-ring (bicyclic) bond motifs is 1. The number of carbonyl (C=O) groups excluding carboxylic acids is 3. The van der Waals surface area contributed by atoms with Crippen molar-refractivity contribution in [1.82, 2.24) is 23.7 Å². The fraction of sp³-hybridized carbons (Fsp3) is 0.250. The quantitative estimate of drug-likeness (QED) is 0.399. The molecule has 0 bridgehead atoms. The number of hydrogen-bond acceptors (Lipinski definition) is 7. The first-order chi connectivity index (χ1) is 18.6. The van der Waals surface area contributed by atoms with Gasteiger partial charge in [-0.1, -0.05) is 23.7 Å². The molecule has 1 N–H and O–H groups in total. The number of imide groups is 1. The number of rotatable bonds is 7. The second kappa shape index (κ2) is 10.9. The van der Waals surface area contributed by atoms with Gasteiger partial charge in [0.1, 0.15) is 6.54 Å². The van der Waals surface area contributed by atoms with Crippen LogP contribution in [0, 0.1) is 6.92 Å². The molecule has 2 heterocycles. The predicted octanol–water partition coefficient (Wildman–Crippen LogP) is 4.02. The third-order valence-electron chi connectivity index (χ3n) is 5.85. The highest BCUT2D eigenvalue weighted by Crippen LogP contribution is 2.35. The maximum atomic E-state index is 13.6. The minimum absolute atomic E-state index is 0.00800. The van der Waals surface area contributed by atoms with Crippen LogP contribution in [-0.4, -0.2) is 65.1 Å². The van der Waals surface area contributed by atoms with E-state index in [4.69, 9.17) is 11.6 Å². The Morgan fingerprint density at radius 1 is 1.18 bits per heavy atom. The van der Waals surface area contributed by atoms with Gasteiger partial charge in [-0.3, -0.25) is 24.0 Å². The summed E-state index contributed by atoms with van der Waals surface area (Å²) in [5.41, 5.74) is 0.704. The highest BCUT2D eigenvalue weighted by Gasteiger charge is 2.37. The fourth-order valence-corrected chi connectivity index (χ4v) is 5.42. The summed E-state index contributed by atoms with van der Waals surface area (Å²) >= 11 is 6.36. The summed E-state index contributed by atoms with van der Waals surface area (Å²) in [5, 5.41) is 4.21. The number of benzene rings is 2. The normalized spacial score (nSPS) is 15.6. The second-order valence-electron chi connectivity index (χ2n) is 8.90. The number of carbonyl (C=O) groups is 3. The van der Waals surface area contributed by atoms with Crippen molar-refractivity contribution >= 4 is 67.6 Å². The SMILES string of the molecule is Cc1nn(Cc2ccc(Cl)cc2C(F)(F)F)c2ccc(/C=C3\SC(=O)N(CC(=O)NS(=O)(=O)N(C)C)C3=O)cc12. The van der Waals surface area contributed by atoms with Crippen LogP contribution in [0.15, 0.2) is 41.3 Å². The van der Waals surface area contributed by atoms with E-state index in [1.807, 2.05) is 0 Å². The van der Waals surface area contributed by atoms with Gasteiger partial charge in [-0.2, -0.15) is 31.0 Å². The molecule has 4 rings (SSSR count). The van der Waals surface area contributed by atoms with Crippen LogP contribution < -0.4 is 4.72 Å². The van der Waals surface area contributed by atoms with Crippen LogP contribution in [0.4, 0.5) is 18.0 Å². The van der Waals surface area contributed by atoms with Crippen molar-refractivity contribution in [2.24, 2.45) is 0 Å². The number of thioether (sulfide) groups is 1.